The van der Waals surface area contributed by atoms with Crippen LogP contribution >= 0.6 is 12.2 Å². The van der Waals surface area contributed by atoms with Crippen molar-refractivity contribution >= 4 is 17.3 Å². The number of rotatable bonds is 2. The Morgan fingerprint density at radius 3 is 2.44 bits per heavy atom. The Morgan fingerprint density at radius 1 is 1.38 bits per heavy atom. The lowest BCUT2D eigenvalue weighted by Crippen LogP contribution is -2.57. The summed E-state index contributed by atoms with van der Waals surface area (Å²) in [6, 6.07) is 0.611. The molecule has 0 aromatic heterocycles. The van der Waals surface area contributed by atoms with Gasteiger partial charge in [-0.3, -0.25) is 4.90 Å². The maximum absolute atomic E-state index is 5.31. The molecule has 1 rings (SSSR count). The van der Waals surface area contributed by atoms with E-state index in [1.165, 1.54) is 0 Å². The van der Waals surface area contributed by atoms with E-state index in [-0.39, 0.29) is 0 Å². The summed E-state index contributed by atoms with van der Waals surface area (Å²) in [6.07, 6.45) is 1.16. The van der Waals surface area contributed by atoms with Crippen molar-refractivity contribution in [3.63, 3.8) is 0 Å². The van der Waals surface area contributed by atoms with Crippen LogP contribution in [-0.2, 0) is 0 Å². The summed E-state index contributed by atoms with van der Waals surface area (Å²) < 4.78 is 0. The lowest BCUT2D eigenvalue weighted by molar-refractivity contribution is 0.115. The van der Waals surface area contributed by atoms with Crippen LogP contribution in [0.15, 0.2) is 0 Å². The van der Waals surface area contributed by atoms with Crippen LogP contribution in [0.4, 0.5) is 0 Å². The monoisotopic (exact) mass is 246 g/mol. The van der Waals surface area contributed by atoms with Crippen LogP contribution in [0.1, 0.15) is 34.1 Å². The van der Waals surface area contributed by atoms with E-state index in [9.17, 15) is 0 Å². The minimum Gasteiger partial charge on any atom is -0.345 e. The maximum Gasteiger partial charge on any atom is 0.183 e. The summed E-state index contributed by atoms with van der Waals surface area (Å²) in [4.78, 5) is 4.64. The Kier molecular flexibility index (Phi) is 8.51. The molecule has 16 heavy (non-hydrogen) atoms. The lowest BCUT2D eigenvalue weighted by atomic mass is 10.1. The number of nitrogens with two attached hydrogens (primary N) is 1. The molecule has 1 atom stereocenters. The predicted octanol–water partition coefficient (Wildman–Crippen LogP) is 1.18. The molecule has 0 aliphatic carbocycles. The van der Waals surface area contributed by atoms with Gasteiger partial charge in [-0.2, -0.15) is 0 Å². The van der Waals surface area contributed by atoms with E-state index >= 15 is 0 Å². The zero-order valence-corrected chi connectivity index (χ0v) is 11.8. The first kappa shape index (κ1) is 15.6. The van der Waals surface area contributed by atoms with Crippen LogP contribution in [0.3, 0.4) is 0 Å². The van der Waals surface area contributed by atoms with Crippen LogP contribution in [-0.4, -0.2) is 47.1 Å². The molecule has 0 bridgehead atoms. The zero-order valence-electron chi connectivity index (χ0n) is 11.0. The molecule has 3 N–H and O–H groups in total. The number of hydrogen-bond donors (Lipinski definition) is 2. The highest BCUT2D eigenvalue weighted by atomic mass is 32.1. The molecule has 0 amide bonds. The Morgan fingerprint density at radius 2 is 2.00 bits per heavy atom. The summed E-state index contributed by atoms with van der Waals surface area (Å²) in [5.41, 5.74) is 2.55. The second-order valence-corrected chi connectivity index (χ2v) is 3.97. The molecule has 1 saturated heterocycles. The third kappa shape index (κ3) is 4.23. The molecule has 1 unspecified atom stereocenters. The topological polar surface area (TPSA) is 44.5 Å². The van der Waals surface area contributed by atoms with Crippen molar-refractivity contribution in [2.24, 2.45) is 5.84 Å². The number of hydrogen-bond acceptors (Lipinski definition) is 3. The summed E-state index contributed by atoms with van der Waals surface area (Å²) >= 11 is 5.12. The van der Waals surface area contributed by atoms with Gasteiger partial charge in [0.15, 0.2) is 5.11 Å². The lowest BCUT2D eigenvalue weighted by Gasteiger charge is -2.41. The van der Waals surface area contributed by atoms with Gasteiger partial charge in [-0.25, -0.2) is 5.84 Å². The van der Waals surface area contributed by atoms with Gasteiger partial charge >= 0.3 is 0 Å². The van der Waals surface area contributed by atoms with E-state index in [2.05, 4.69) is 29.1 Å². The van der Waals surface area contributed by atoms with Crippen molar-refractivity contribution in [1.82, 2.24) is 15.2 Å². The molecule has 0 aromatic rings. The summed E-state index contributed by atoms with van der Waals surface area (Å²) in [5, 5.41) is 0.666. The number of nitrogens with zero attached hydrogens (tertiary/aromatic N) is 2. The van der Waals surface area contributed by atoms with Crippen LogP contribution in [0, 0.1) is 0 Å². The first-order chi connectivity index (χ1) is 7.72. The molecular weight excluding hydrogens is 220 g/mol. The molecular formula is C11H26N4S. The highest BCUT2D eigenvalue weighted by Crippen LogP contribution is 2.12. The van der Waals surface area contributed by atoms with Gasteiger partial charge in [0.1, 0.15) is 0 Å². The predicted molar refractivity (Wildman–Crippen MR) is 74.2 cm³/mol. The minimum absolute atomic E-state index is 0.611. The van der Waals surface area contributed by atoms with Crippen LogP contribution in [0.2, 0.25) is 0 Å². The first-order valence-corrected chi connectivity index (χ1v) is 6.63. The van der Waals surface area contributed by atoms with Crippen molar-refractivity contribution in [3.8, 4) is 0 Å². The molecule has 0 saturated carbocycles. The van der Waals surface area contributed by atoms with Gasteiger partial charge in [-0.05, 0) is 25.2 Å². The molecule has 5 heteroatoms. The van der Waals surface area contributed by atoms with E-state index in [1.807, 2.05) is 13.8 Å². The van der Waals surface area contributed by atoms with E-state index in [0.717, 1.165) is 32.6 Å². The van der Waals surface area contributed by atoms with Crippen molar-refractivity contribution in [3.05, 3.63) is 0 Å². The third-order valence-corrected chi connectivity index (χ3v) is 3.27. The third-order valence-electron chi connectivity index (χ3n) is 2.89. The SMILES string of the molecule is CC.CCC1CN(C(=S)NN)CCN1CC. The Hall–Kier alpha value is -0.390. The smallest absolute Gasteiger partial charge is 0.183 e. The highest BCUT2D eigenvalue weighted by Gasteiger charge is 2.25. The van der Waals surface area contributed by atoms with Gasteiger partial charge < -0.3 is 10.3 Å². The van der Waals surface area contributed by atoms with Gasteiger partial charge in [0.25, 0.3) is 0 Å². The molecule has 0 radical (unpaired) electrons. The quantitative estimate of drug-likeness (QED) is 0.435. The fourth-order valence-corrected chi connectivity index (χ4v) is 2.14. The van der Waals surface area contributed by atoms with E-state index in [4.69, 9.17) is 18.1 Å². The molecule has 1 aliphatic heterocycles. The average Bonchev–Trinajstić information content (AvgIpc) is 2.39. The summed E-state index contributed by atoms with van der Waals surface area (Å²) in [6.45, 7) is 12.6. The van der Waals surface area contributed by atoms with Gasteiger partial charge in [0, 0.05) is 25.7 Å². The van der Waals surface area contributed by atoms with Crippen molar-refractivity contribution < 1.29 is 0 Å². The highest BCUT2D eigenvalue weighted by molar-refractivity contribution is 7.80. The largest absolute Gasteiger partial charge is 0.345 e. The van der Waals surface area contributed by atoms with E-state index in [0.29, 0.717) is 11.2 Å². The van der Waals surface area contributed by atoms with E-state index in [1.54, 1.807) is 0 Å². The Bertz CT molecular complexity index is 198. The number of likely N-dealkylation sites (N-methyl/N-ethyl adjacent to an activating group) is 1. The molecule has 0 aromatic carbocycles. The van der Waals surface area contributed by atoms with Gasteiger partial charge in [0.2, 0.25) is 0 Å². The molecule has 96 valence electrons. The van der Waals surface area contributed by atoms with Gasteiger partial charge in [-0.15, -0.1) is 0 Å². The minimum atomic E-state index is 0.611. The second kappa shape index (κ2) is 8.73. The van der Waals surface area contributed by atoms with Crippen molar-refractivity contribution in [1.29, 1.82) is 0 Å². The molecule has 1 aliphatic rings. The van der Waals surface area contributed by atoms with Gasteiger partial charge in [-0.1, -0.05) is 27.7 Å². The number of thiocarbonyl (C=S) groups is 1. The fraction of sp³-hybridized carbons (Fsp3) is 0.909. The van der Waals surface area contributed by atoms with Crippen LogP contribution < -0.4 is 11.3 Å². The molecule has 1 fully saturated rings. The average molecular weight is 246 g/mol. The number of hydrazine groups is 1. The van der Waals surface area contributed by atoms with Crippen molar-refractivity contribution in [2.45, 2.75) is 40.2 Å². The Balaban J connectivity index is 0.00000106. The summed E-state index contributed by atoms with van der Waals surface area (Å²) in [7, 11) is 0. The summed E-state index contributed by atoms with van der Waals surface area (Å²) in [5.74, 6) is 5.31. The molecule has 1 heterocycles. The second-order valence-electron chi connectivity index (χ2n) is 3.59. The van der Waals surface area contributed by atoms with Crippen LogP contribution in [0.25, 0.3) is 0 Å². The molecule has 4 nitrogen and oxygen atoms in total. The zero-order chi connectivity index (χ0) is 12.6. The normalized spacial score (nSPS) is 21.1. The number of nitrogens with one attached hydrogen (secondary N) is 1. The number of piperazine rings is 1. The van der Waals surface area contributed by atoms with Crippen molar-refractivity contribution in [2.75, 3.05) is 26.2 Å². The fourth-order valence-electron chi connectivity index (χ4n) is 1.97. The maximum atomic E-state index is 5.31. The first-order valence-electron chi connectivity index (χ1n) is 6.22. The molecule has 0 spiro atoms. The Labute approximate surface area is 105 Å². The van der Waals surface area contributed by atoms with Crippen LogP contribution in [0.5, 0.6) is 0 Å². The van der Waals surface area contributed by atoms with Gasteiger partial charge in [0.05, 0.1) is 0 Å². The van der Waals surface area contributed by atoms with E-state index < -0.39 is 0 Å². The standard InChI is InChI=1S/C9H20N4S.C2H6/c1-3-8-7-13(9(14)11-10)6-5-12(8)4-2;1-2/h8H,3-7,10H2,1-2H3,(H,11,14);1-2H3.